The zero-order chi connectivity index (χ0) is 11.8. The zero-order valence-corrected chi connectivity index (χ0v) is 10.1. The van der Waals surface area contributed by atoms with Gasteiger partial charge in [0, 0.05) is 18.3 Å². The number of hydrogen-bond acceptors (Lipinski definition) is 4. The first kappa shape index (κ1) is 10.5. The van der Waals surface area contributed by atoms with Crippen LogP contribution < -0.4 is 5.32 Å². The molecule has 0 saturated heterocycles. The Hall–Kier alpha value is -1.62. The van der Waals surface area contributed by atoms with E-state index in [2.05, 4.69) is 15.3 Å². The molecule has 2 aromatic rings. The van der Waals surface area contributed by atoms with Crippen molar-refractivity contribution in [1.29, 1.82) is 0 Å². The van der Waals surface area contributed by atoms with E-state index in [9.17, 15) is 0 Å². The number of nitrogens with zero attached hydrogens (tertiary/aromatic N) is 3. The number of hydrogen-bond donors (Lipinski definition) is 1. The van der Waals surface area contributed by atoms with Gasteiger partial charge in [-0.1, -0.05) is 0 Å². The number of oxazole rings is 1. The molecule has 0 aliphatic heterocycles. The van der Waals surface area contributed by atoms with E-state index in [0.29, 0.717) is 12.1 Å². The van der Waals surface area contributed by atoms with E-state index in [4.69, 9.17) is 4.42 Å². The van der Waals surface area contributed by atoms with E-state index in [1.807, 2.05) is 18.4 Å². The lowest BCUT2D eigenvalue weighted by Gasteiger charge is -1.98. The molecule has 2 heterocycles. The summed E-state index contributed by atoms with van der Waals surface area (Å²) >= 11 is 0. The lowest BCUT2D eigenvalue weighted by molar-refractivity contribution is 0.522. The van der Waals surface area contributed by atoms with E-state index < -0.39 is 0 Å². The van der Waals surface area contributed by atoms with Gasteiger partial charge in [-0.3, -0.25) is 4.57 Å². The third kappa shape index (κ3) is 2.10. The molecule has 1 aliphatic carbocycles. The molecule has 0 bridgehead atoms. The van der Waals surface area contributed by atoms with Gasteiger partial charge >= 0.3 is 6.01 Å². The fourth-order valence-corrected chi connectivity index (χ4v) is 1.72. The van der Waals surface area contributed by atoms with Crippen molar-refractivity contribution in [2.75, 3.05) is 0 Å². The molecular weight excluding hydrogens is 216 g/mol. The van der Waals surface area contributed by atoms with Crippen LogP contribution in [0.5, 0.6) is 0 Å². The average molecular weight is 232 g/mol. The molecular formula is C12H16N4O. The number of imidazole rings is 1. The van der Waals surface area contributed by atoms with Crippen LogP contribution in [0.2, 0.25) is 0 Å². The fraction of sp³-hybridized carbons (Fsp3) is 0.500. The molecule has 0 unspecified atom stereocenters. The summed E-state index contributed by atoms with van der Waals surface area (Å²) < 4.78 is 7.34. The maximum atomic E-state index is 5.47. The lowest BCUT2D eigenvalue weighted by atomic mass is 10.4. The Bertz CT molecular complexity index is 524. The van der Waals surface area contributed by atoms with Crippen molar-refractivity contribution in [3.8, 4) is 6.01 Å². The van der Waals surface area contributed by atoms with Gasteiger partial charge in [-0.15, -0.1) is 0 Å². The number of nitrogens with one attached hydrogen (secondary N) is 1. The Morgan fingerprint density at radius 2 is 2.29 bits per heavy atom. The molecule has 0 radical (unpaired) electrons. The highest BCUT2D eigenvalue weighted by molar-refractivity contribution is 5.20. The first-order chi connectivity index (χ1) is 8.24. The molecule has 90 valence electrons. The highest BCUT2D eigenvalue weighted by Crippen LogP contribution is 2.19. The second-order valence-electron chi connectivity index (χ2n) is 4.56. The second kappa shape index (κ2) is 4.00. The van der Waals surface area contributed by atoms with Gasteiger partial charge < -0.3 is 9.73 Å². The van der Waals surface area contributed by atoms with E-state index in [0.717, 1.165) is 23.6 Å². The minimum absolute atomic E-state index is 0.593. The van der Waals surface area contributed by atoms with Crippen LogP contribution in [-0.4, -0.2) is 20.6 Å². The largest absolute Gasteiger partial charge is 0.431 e. The van der Waals surface area contributed by atoms with Gasteiger partial charge in [0.2, 0.25) is 0 Å². The Morgan fingerprint density at radius 1 is 1.47 bits per heavy atom. The van der Waals surface area contributed by atoms with Crippen LogP contribution in [0.3, 0.4) is 0 Å². The van der Waals surface area contributed by atoms with Crippen LogP contribution in [0.15, 0.2) is 17.0 Å². The molecule has 5 heteroatoms. The van der Waals surface area contributed by atoms with Crippen molar-refractivity contribution < 1.29 is 4.42 Å². The highest BCUT2D eigenvalue weighted by Gasteiger charge is 2.20. The monoisotopic (exact) mass is 232 g/mol. The SMILES string of the molecule is Cc1ncn(-c2nc(CNC3CC3)co2)c1C. The van der Waals surface area contributed by atoms with Crippen molar-refractivity contribution >= 4 is 0 Å². The summed E-state index contributed by atoms with van der Waals surface area (Å²) in [5.41, 5.74) is 3.01. The van der Waals surface area contributed by atoms with Crippen molar-refractivity contribution in [1.82, 2.24) is 19.9 Å². The van der Waals surface area contributed by atoms with E-state index in [1.54, 1.807) is 12.6 Å². The molecule has 1 fully saturated rings. The molecule has 0 amide bonds. The van der Waals surface area contributed by atoms with Crippen LogP contribution >= 0.6 is 0 Å². The van der Waals surface area contributed by atoms with Gasteiger partial charge in [0.25, 0.3) is 0 Å². The third-order valence-electron chi connectivity index (χ3n) is 3.15. The smallest absolute Gasteiger partial charge is 0.307 e. The minimum Gasteiger partial charge on any atom is -0.431 e. The molecule has 0 atom stereocenters. The normalized spacial score (nSPS) is 15.4. The van der Waals surface area contributed by atoms with Crippen LogP contribution in [-0.2, 0) is 6.54 Å². The average Bonchev–Trinajstić information content (AvgIpc) is 2.95. The van der Waals surface area contributed by atoms with Gasteiger partial charge in [0.05, 0.1) is 11.4 Å². The van der Waals surface area contributed by atoms with Crippen LogP contribution in [0.1, 0.15) is 29.9 Å². The summed E-state index contributed by atoms with van der Waals surface area (Å²) in [5, 5.41) is 3.41. The molecule has 2 aromatic heterocycles. The Balaban J connectivity index is 1.76. The molecule has 1 saturated carbocycles. The topological polar surface area (TPSA) is 55.9 Å². The Labute approximate surface area is 99.9 Å². The maximum absolute atomic E-state index is 5.47. The predicted molar refractivity (Wildman–Crippen MR) is 63.0 cm³/mol. The second-order valence-corrected chi connectivity index (χ2v) is 4.56. The summed E-state index contributed by atoms with van der Waals surface area (Å²) in [6.07, 6.45) is 6.02. The quantitative estimate of drug-likeness (QED) is 0.872. The van der Waals surface area contributed by atoms with Crippen molar-refractivity contribution in [3.63, 3.8) is 0 Å². The summed E-state index contributed by atoms with van der Waals surface area (Å²) in [6, 6.07) is 1.28. The molecule has 17 heavy (non-hydrogen) atoms. The van der Waals surface area contributed by atoms with E-state index >= 15 is 0 Å². The minimum atomic E-state index is 0.593. The van der Waals surface area contributed by atoms with Gasteiger partial charge in [-0.05, 0) is 26.7 Å². The molecule has 0 aromatic carbocycles. The summed E-state index contributed by atoms with van der Waals surface area (Å²) in [6.45, 7) is 4.76. The third-order valence-corrected chi connectivity index (χ3v) is 3.15. The van der Waals surface area contributed by atoms with E-state index in [-0.39, 0.29) is 0 Å². The Morgan fingerprint density at radius 3 is 2.94 bits per heavy atom. The van der Waals surface area contributed by atoms with Gasteiger partial charge in [0.15, 0.2) is 0 Å². The molecule has 1 aliphatic rings. The maximum Gasteiger partial charge on any atom is 0.307 e. The highest BCUT2D eigenvalue weighted by atomic mass is 16.4. The summed E-state index contributed by atoms with van der Waals surface area (Å²) in [5.74, 6) is 0. The van der Waals surface area contributed by atoms with E-state index in [1.165, 1.54) is 12.8 Å². The zero-order valence-electron chi connectivity index (χ0n) is 10.1. The number of rotatable bonds is 4. The van der Waals surface area contributed by atoms with Gasteiger partial charge in [-0.2, -0.15) is 4.98 Å². The molecule has 1 N–H and O–H groups in total. The molecule has 3 rings (SSSR count). The fourth-order valence-electron chi connectivity index (χ4n) is 1.72. The summed E-state index contributed by atoms with van der Waals surface area (Å²) in [7, 11) is 0. The Kier molecular flexibility index (Phi) is 2.48. The standard InChI is InChI=1S/C12H16N4O/c1-8-9(2)16(7-14-8)12-15-11(6-17-12)5-13-10-3-4-10/h6-7,10,13H,3-5H2,1-2H3. The van der Waals surface area contributed by atoms with Crippen molar-refractivity contribution in [2.24, 2.45) is 0 Å². The number of aryl methyl sites for hydroxylation is 1. The first-order valence-electron chi connectivity index (χ1n) is 5.93. The van der Waals surface area contributed by atoms with Crippen molar-refractivity contribution in [2.45, 2.75) is 39.3 Å². The van der Waals surface area contributed by atoms with Gasteiger partial charge in [0.1, 0.15) is 12.6 Å². The molecule has 0 spiro atoms. The van der Waals surface area contributed by atoms with Crippen LogP contribution in [0, 0.1) is 13.8 Å². The van der Waals surface area contributed by atoms with Gasteiger partial charge in [-0.25, -0.2) is 4.98 Å². The summed E-state index contributed by atoms with van der Waals surface area (Å²) in [4.78, 5) is 8.68. The van der Waals surface area contributed by atoms with Crippen molar-refractivity contribution in [3.05, 3.63) is 29.7 Å². The lowest BCUT2D eigenvalue weighted by Crippen LogP contribution is -2.15. The van der Waals surface area contributed by atoms with Crippen LogP contribution in [0.25, 0.3) is 6.01 Å². The first-order valence-corrected chi connectivity index (χ1v) is 5.93. The molecule has 5 nitrogen and oxygen atoms in total. The number of aromatic nitrogens is 3. The predicted octanol–water partition coefficient (Wildman–Crippen LogP) is 1.73. The van der Waals surface area contributed by atoms with Crippen LogP contribution in [0.4, 0.5) is 0 Å².